The highest BCUT2D eigenvalue weighted by Crippen LogP contribution is 2.07. The zero-order valence-corrected chi connectivity index (χ0v) is 11.6. The van der Waals surface area contributed by atoms with Crippen LogP contribution in [0, 0.1) is 0 Å². The van der Waals surface area contributed by atoms with Crippen molar-refractivity contribution in [3.8, 4) is 0 Å². The van der Waals surface area contributed by atoms with Gasteiger partial charge in [0.05, 0.1) is 0 Å². The fraction of sp³-hybridized carbons (Fsp3) is 0.188. The molecule has 4 nitrogen and oxygen atoms in total. The lowest BCUT2D eigenvalue weighted by Crippen LogP contribution is -2.42. The Balaban J connectivity index is 2.12. The Bertz CT molecular complexity index is 604. The van der Waals surface area contributed by atoms with Gasteiger partial charge in [0, 0.05) is 37.4 Å². The van der Waals surface area contributed by atoms with Crippen molar-refractivity contribution < 1.29 is 14.2 Å². The van der Waals surface area contributed by atoms with Gasteiger partial charge in [-0.1, -0.05) is 30.3 Å². The number of hydrogen-bond donors (Lipinski definition) is 0. The highest BCUT2D eigenvalue weighted by molar-refractivity contribution is 6.08. The van der Waals surface area contributed by atoms with Crippen molar-refractivity contribution in [2.45, 2.75) is 6.54 Å². The Morgan fingerprint density at radius 3 is 2.05 bits per heavy atom. The number of carbonyl (C=O) groups excluding carboxylic acids is 2. The largest absolute Gasteiger partial charge is 0.343 e. The number of hydrogen-bond acceptors (Lipinski definition) is 2. The van der Waals surface area contributed by atoms with Crippen molar-refractivity contribution in [2.75, 3.05) is 14.1 Å². The van der Waals surface area contributed by atoms with Gasteiger partial charge in [0.15, 0.2) is 18.2 Å². The molecule has 1 aromatic carbocycles. The minimum absolute atomic E-state index is 0.0112. The summed E-state index contributed by atoms with van der Waals surface area (Å²) in [6.45, 7) is 0.271. The summed E-state index contributed by atoms with van der Waals surface area (Å²) in [6, 6.07) is 12.6. The Labute approximate surface area is 118 Å². The van der Waals surface area contributed by atoms with E-state index in [-0.39, 0.29) is 18.2 Å². The molecule has 0 spiro atoms. The maximum atomic E-state index is 12.2. The Morgan fingerprint density at radius 1 is 0.950 bits per heavy atom. The molecule has 102 valence electrons. The molecule has 0 aliphatic carbocycles. The van der Waals surface area contributed by atoms with E-state index in [1.807, 2.05) is 18.2 Å². The maximum absolute atomic E-state index is 12.2. The average molecular weight is 269 g/mol. The lowest BCUT2D eigenvalue weighted by Gasteiger charge is -2.07. The zero-order valence-electron chi connectivity index (χ0n) is 11.6. The summed E-state index contributed by atoms with van der Waals surface area (Å²) < 4.78 is 1.75. The summed E-state index contributed by atoms with van der Waals surface area (Å²) in [7, 11) is 3.44. The third-order valence-electron chi connectivity index (χ3n) is 3.01. The van der Waals surface area contributed by atoms with Gasteiger partial charge in [-0.05, 0) is 0 Å². The zero-order chi connectivity index (χ0) is 14.5. The molecule has 2 aromatic rings. The molecular formula is C16H17N2O2+. The van der Waals surface area contributed by atoms with Crippen molar-refractivity contribution in [2.24, 2.45) is 0 Å². The van der Waals surface area contributed by atoms with Crippen LogP contribution >= 0.6 is 0 Å². The van der Waals surface area contributed by atoms with Gasteiger partial charge >= 0.3 is 0 Å². The van der Waals surface area contributed by atoms with E-state index in [0.29, 0.717) is 11.1 Å². The molecule has 0 atom stereocenters. The third-order valence-corrected chi connectivity index (χ3v) is 3.01. The highest BCUT2D eigenvalue weighted by Gasteiger charge is 2.13. The van der Waals surface area contributed by atoms with Crippen LogP contribution < -0.4 is 4.57 Å². The van der Waals surface area contributed by atoms with Crippen LogP contribution in [0.25, 0.3) is 0 Å². The Hall–Kier alpha value is -2.49. The van der Waals surface area contributed by atoms with E-state index < -0.39 is 0 Å². The molecule has 0 aliphatic rings. The number of aromatic nitrogens is 1. The van der Waals surface area contributed by atoms with Gasteiger partial charge in [-0.25, -0.2) is 0 Å². The van der Waals surface area contributed by atoms with Gasteiger partial charge in [-0.2, -0.15) is 4.57 Å². The maximum Gasteiger partial charge on any atom is 0.288 e. The fourth-order valence-corrected chi connectivity index (χ4v) is 1.77. The van der Waals surface area contributed by atoms with Gasteiger partial charge in [0.25, 0.3) is 5.91 Å². The van der Waals surface area contributed by atoms with Crippen LogP contribution in [0.3, 0.4) is 0 Å². The molecule has 0 saturated heterocycles. The van der Waals surface area contributed by atoms with Crippen molar-refractivity contribution in [3.05, 3.63) is 66.0 Å². The van der Waals surface area contributed by atoms with Crippen molar-refractivity contribution in [3.63, 3.8) is 0 Å². The summed E-state index contributed by atoms with van der Waals surface area (Å²) in [6.07, 6.45) is 3.50. The molecule has 0 saturated carbocycles. The molecule has 1 heterocycles. The van der Waals surface area contributed by atoms with Crippen LogP contribution in [0.15, 0.2) is 54.9 Å². The number of carbonyl (C=O) groups is 2. The van der Waals surface area contributed by atoms with E-state index in [0.717, 1.165) is 0 Å². The summed E-state index contributed by atoms with van der Waals surface area (Å²) in [5.41, 5.74) is 1.28. The number of nitrogens with zero attached hydrogens (tertiary/aromatic N) is 2. The monoisotopic (exact) mass is 269 g/mol. The molecule has 4 heteroatoms. The Kier molecular flexibility index (Phi) is 4.25. The van der Waals surface area contributed by atoms with E-state index >= 15 is 0 Å². The molecular weight excluding hydrogens is 252 g/mol. The van der Waals surface area contributed by atoms with Gasteiger partial charge in [-0.15, -0.1) is 0 Å². The molecule has 2 rings (SSSR count). The molecule has 0 radical (unpaired) electrons. The molecule has 1 aromatic heterocycles. The Morgan fingerprint density at radius 2 is 1.50 bits per heavy atom. The fourth-order valence-electron chi connectivity index (χ4n) is 1.77. The first kappa shape index (κ1) is 13.9. The second-order valence-electron chi connectivity index (χ2n) is 4.74. The predicted octanol–water partition coefficient (Wildman–Crippen LogP) is 1.29. The molecule has 0 bridgehead atoms. The lowest BCUT2D eigenvalue weighted by atomic mass is 10.0. The first-order valence-electron chi connectivity index (χ1n) is 6.37. The third kappa shape index (κ3) is 3.29. The molecule has 0 unspecified atom stereocenters. The number of benzene rings is 1. The van der Waals surface area contributed by atoms with Crippen molar-refractivity contribution in [1.29, 1.82) is 0 Å². The minimum atomic E-state index is -0.0170. The lowest BCUT2D eigenvalue weighted by molar-refractivity contribution is -0.685. The van der Waals surface area contributed by atoms with E-state index in [9.17, 15) is 9.59 Å². The predicted molar refractivity (Wildman–Crippen MR) is 75.2 cm³/mol. The van der Waals surface area contributed by atoms with Gasteiger partial charge in [0.2, 0.25) is 6.54 Å². The van der Waals surface area contributed by atoms with Crippen molar-refractivity contribution in [1.82, 2.24) is 4.90 Å². The molecule has 20 heavy (non-hydrogen) atoms. The first-order chi connectivity index (χ1) is 9.58. The topological polar surface area (TPSA) is 41.3 Å². The van der Waals surface area contributed by atoms with Crippen LogP contribution in [0.2, 0.25) is 0 Å². The van der Waals surface area contributed by atoms with Crippen LogP contribution in [0.5, 0.6) is 0 Å². The second kappa shape index (κ2) is 6.10. The van der Waals surface area contributed by atoms with Crippen LogP contribution in [0.1, 0.15) is 15.9 Å². The molecule has 0 fully saturated rings. The number of likely N-dealkylation sites (N-methyl/N-ethyl adjacent to an activating group) is 1. The number of amides is 1. The van der Waals surface area contributed by atoms with Crippen LogP contribution in [-0.2, 0) is 11.3 Å². The van der Waals surface area contributed by atoms with E-state index in [1.54, 1.807) is 55.3 Å². The minimum Gasteiger partial charge on any atom is -0.343 e. The number of pyridine rings is 1. The molecule has 0 aliphatic heterocycles. The average Bonchev–Trinajstić information content (AvgIpc) is 2.48. The van der Waals surface area contributed by atoms with Crippen molar-refractivity contribution >= 4 is 11.7 Å². The second-order valence-corrected chi connectivity index (χ2v) is 4.74. The van der Waals surface area contributed by atoms with Crippen LogP contribution in [-0.4, -0.2) is 30.7 Å². The summed E-state index contributed by atoms with van der Waals surface area (Å²) in [4.78, 5) is 25.3. The normalized spacial score (nSPS) is 10.1. The van der Waals surface area contributed by atoms with E-state index in [1.165, 1.54) is 4.90 Å². The first-order valence-corrected chi connectivity index (χ1v) is 6.37. The number of rotatable bonds is 4. The quantitative estimate of drug-likeness (QED) is 0.620. The SMILES string of the molecule is CN(C)C(=O)C[n+]1ccc(C(=O)c2ccccc2)cc1. The summed E-state index contributed by atoms with van der Waals surface area (Å²) in [5, 5.41) is 0. The number of ketones is 1. The van der Waals surface area contributed by atoms with Gasteiger partial charge in [-0.3, -0.25) is 9.59 Å². The van der Waals surface area contributed by atoms with E-state index in [2.05, 4.69) is 0 Å². The molecule has 1 amide bonds. The highest BCUT2D eigenvalue weighted by atomic mass is 16.2. The van der Waals surface area contributed by atoms with E-state index in [4.69, 9.17) is 0 Å². The summed E-state index contributed by atoms with van der Waals surface area (Å²) in [5.74, 6) is -0.00572. The molecule has 0 N–H and O–H groups in total. The van der Waals surface area contributed by atoms with Gasteiger partial charge < -0.3 is 4.90 Å². The summed E-state index contributed by atoms with van der Waals surface area (Å²) >= 11 is 0. The van der Waals surface area contributed by atoms with Crippen LogP contribution in [0.4, 0.5) is 0 Å². The smallest absolute Gasteiger partial charge is 0.288 e. The van der Waals surface area contributed by atoms with Gasteiger partial charge in [0.1, 0.15) is 0 Å². The standard InChI is InChI=1S/C16H17N2O2/c1-17(2)15(19)12-18-10-8-14(9-11-18)16(20)13-6-4-3-5-7-13/h3-11H,12H2,1-2H3/q+1.